The highest BCUT2D eigenvalue weighted by Gasteiger charge is 2.36. The van der Waals surface area contributed by atoms with Gasteiger partial charge in [0.25, 0.3) is 0 Å². The third-order valence-electron chi connectivity index (χ3n) is 3.27. The van der Waals surface area contributed by atoms with Crippen LogP contribution >= 0.6 is 0 Å². The van der Waals surface area contributed by atoms with E-state index in [0.29, 0.717) is 13.0 Å². The van der Waals surface area contributed by atoms with Crippen LogP contribution in [0.3, 0.4) is 0 Å². The van der Waals surface area contributed by atoms with Gasteiger partial charge in [-0.15, -0.1) is 0 Å². The van der Waals surface area contributed by atoms with Crippen molar-refractivity contribution in [3.8, 4) is 0 Å². The van der Waals surface area contributed by atoms with Gasteiger partial charge in [0.2, 0.25) is 0 Å². The molecule has 2 N–H and O–H groups in total. The number of allylic oxidation sites excluding steroid dienone is 1. The van der Waals surface area contributed by atoms with E-state index in [0.717, 1.165) is 25.0 Å². The van der Waals surface area contributed by atoms with Crippen LogP contribution in [0.25, 0.3) is 0 Å². The van der Waals surface area contributed by atoms with Crippen LogP contribution in [-0.4, -0.2) is 32.2 Å². The highest BCUT2D eigenvalue weighted by molar-refractivity contribution is 5.84. The first-order chi connectivity index (χ1) is 8.68. The third-order valence-corrected chi connectivity index (χ3v) is 3.27. The van der Waals surface area contributed by atoms with E-state index in [1.807, 2.05) is 25.3 Å². The second-order valence-electron chi connectivity index (χ2n) is 4.51. The largest absolute Gasteiger partial charge is 0.464 e. The molecule has 0 aliphatic heterocycles. The normalized spacial score (nSPS) is 22.5. The summed E-state index contributed by atoms with van der Waals surface area (Å²) in [5, 5.41) is 6.13. The van der Waals surface area contributed by atoms with Crippen molar-refractivity contribution in [2.24, 2.45) is 0 Å². The third kappa shape index (κ3) is 3.60. The van der Waals surface area contributed by atoms with Crippen LogP contribution in [0.2, 0.25) is 0 Å². The number of likely N-dealkylation sites (N-methyl/N-ethyl adjacent to an activating group) is 2. The summed E-state index contributed by atoms with van der Waals surface area (Å²) in [6, 6.07) is 0. The predicted octanol–water partition coefficient (Wildman–Crippen LogP) is 1.74. The lowest BCUT2D eigenvalue weighted by Gasteiger charge is -2.29. The Bertz CT molecular complexity index is 337. The zero-order chi connectivity index (χ0) is 13.4. The topological polar surface area (TPSA) is 50.4 Å². The predicted molar refractivity (Wildman–Crippen MR) is 73.2 cm³/mol. The Kier molecular flexibility index (Phi) is 5.92. The molecule has 0 bridgehead atoms. The molecule has 0 radical (unpaired) electrons. The minimum Gasteiger partial charge on any atom is -0.464 e. The second-order valence-corrected chi connectivity index (χ2v) is 4.51. The number of hydrogen-bond acceptors (Lipinski definition) is 4. The van der Waals surface area contributed by atoms with Crippen molar-refractivity contribution in [2.45, 2.75) is 38.1 Å². The molecule has 0 amide bonds. The molecule has 0 aromatic carbocycles. The van der Waals surface area contributed by atoms with E-state index in [1.54, 1.807) is 7.05 Å². The molecule has 0 saturated heterocycles. The number of carbonyl (C=O) groups excluding carboxylic acids is 1. The van der Waals surface area contributed by atoms with E-state index in [2.05, 4.69) is 17.6 Å². The highest BCUT2D eigenvalue weighted by atomic mass is 16.5. The van der Waals surface area contributed by atoms with Gasteiger partial charge in [0.15, 0.2) is 0 Å². The molecule has 0 aromatic heterocycles. The Balaban J connectivity index is 2.53. The van der Waals surface area contributed by atoms with Crippen molar-refractivity contribution in [2.75, 3.05) is 20.7 Å². The molecular formula is C14H24N2O2. The lowest BCUT2D eigenvalue weighted by atomic mass is 9.90. The average Bonchev–Trinajstić information content (AvgIpc) is 2.43. The van der Waals surface area contributed by atoms with Crippen LogP contribution in [0.5, 0.6) is 0 Å². The highest BCUT2D eigenvalue weighted by Crippen LogP contribution is 2.21. The minimum absolute atomic E-state index is 0.191. The SMILES string of the molecule is CCCCCOC(=O)C1(NC)C=CC(NC)=CC1. The maximum atomic E-state index is 12.1. The number of carbonyl (C=O) groups is 1. The minimum atomic E-state index is -0.702. The summed E-state index contributed by atoms with van der Waals surface area (Å²) in [4.78, 5) is 12.1. The van der Waals surface area contributed by atoms with Gasteiger partial charge in [0, 0.05) is 19.2 Å². The molecule has 0 saturated carbocycles. The van der Waals surface area contributed by atoms with Crippen LogP contribution in [0.15, 0.2) is 23.9 Å². The second kappa shape index (κ2) is 7.21. The van der Waals surface area contributed by atoms with Crippen LogP contribution in [0, 0.1) is 0 Å². The number of nitrogens with one attached hydrogen (secondary N) is 2. The summed E-state index contributed by atoms with van der Waals surface area (Å²) >= 11 is 0. The van der Waals surface area contributed by atoms with E-state index >= 15 is 0 Å². The lowest BCUT2D eigenvalue weighted by molar-refractivity contribution is -0.149. The number of esters is 1. The molecule has 4 nitrogen and oxygen atoms in total. The first-order valence-corrected chi connectivity index (χ1v) is 6.62. The van der Waals surface area contributed by atoms with E-state index < -0.39 is 5.54 Å². The van der Waals surface area contributed by atoms with Gasteiger partial charge in [0.1, 0.15) is 5.54 Å². The summed E-state index contributed by atoms with van der Waals surface area (Å²) in [5.41, 5.74) is 0.326. The maximum Gasteiger partial charge on any atom is 0.330 e. The van der Waals surface area contributed by atoms with Gasteiger partial charge in [-0.1, -0.05) is 31.9 Å². The van der Waals surface area contributed by atoms with E-state index in [9.17, 15) is 4.79 Å². The number of hydrogen-bond donors (Lipinski definition) is 2. The van der Waals surface area contributed by atoms with Gasteiger partial charge in [0.05, 0.1) is 6.61 Å². The van der Waals surface area contributed by atoms with Crippen molar-refractivity contribution < 1.29 is 9.53 Å². The molecule has 1 unspecified atom stereocenters. The quantitative estimate of drug-likeness (QED) is 0.535. The molecule has 0 aromatic rings. The van der Waals surface area contributed by atoms with Crippen LogP contribution in [0.1, 0.15) is 32.6 Å². The zero-order valence-corrected chi connectivity index (χ0v) is 11.6. The first-order valence-electron chi connectivity index (χ1n) is 6.62. The molecular weight excluding hydrogens is 228 g/mol. The van der Waals surface area contributed by atoms with Gasteiger partial charge in [-0.25, -0.2) is 4.79 Å². The smallest absolute Gasteiger partial charge is 0.330 e. The summed E-state index contributed by atoms with van der Waals surface area (Å²) < 4.78 is 5.34. The monoisotopic (exact) mass is 252 g/mol. The molecule has 1 aliphatic rings. The van der Waals surface area contributed by atoms with Crippen molar-refractivity contribution in [3.05, 3.63) is 23.9 Å². The van der Waals surface area contributed by atoms with Crippen molar-refractivity contribution in [1.29, 1.82) is 0 Å². The summed E-state index contributed by atoms with van der Waals surface area (Å²) in [6.45, 7) is 2.64. The van der Waals surface area contributed by atoms with Gasteiger partial charge in [-0.2, -0.15) is 0 Å². The standard InChI is InChI=1S/C14H24N2O2/c1-4-5-6-11-18-13(17)14(16-3)9-7-12(15-2)8-10-14/h7-9,15-16H,4-6,10-11H2,1-3H3. The van der Waals surface area contributed by atoms with E-state index in [-0.39, 0.29) is 5.97 Å². The van der Waals surface area contributed by atoms with E-state index in [4.69, 9.17) is 4.74 Å². The fourth-order valence-electron chi connectivity index (χ4n) is 1.91. The van der Waals surface area contributed by atoms with Gasteiger partial charge in [-0.3, -0.25) is 0 Å². The Morgan fingerprint density at radius 1 is 1.44 bits per heavy atom. The molecule has 1 atom stereocenters. The molecule has 18 heavy (non-hydrogen) atoms. The summed E-state index contributed by atoms with van der Waals surface area (Å²) in [5.74, 6) is -0.191. The van der Waals surface area contributed by atoms with Crippen molar-refractivity contribution >= 4 is 5.97 Å². The maximum absolute atomic E-state index is 12.1. The van der Waals surface area contributed by atoms with E-state index in [1.165, 1.54) is 0 Å². The molecule has 0 spiro atoms. The Labute approximate surface area is 109 Å². The van der Waals surface area contributed by atoms with Crippen molar-refractivity contribution in [3.63, 3.8) is 0 Å². The van der Waals surface area contributed by atoms with Gasteiger partial charge >= 0.3 is 5.97 Å². The van der Waals surface area contributed by atoms with Crippen molar-refractivity contribution in [1.82, 2.24) is 10.6 Å². The number of rotatable bonds is 7. The molecule has 1 rings (SSSR count). The molecule has 4 heteroatoms. The fourth-order valence-corrected chi connectivity index (χ4v) is 1.91. The van der Waals surface area contributed by atoms with Crippen LogP contribution in [0.4, 0.5) is 0 Å². The van der Waals surface area contributed by atoms with Crippen LogP contribution in [-0.2, 0) is 9.53 Å². The molecule has 102 valence electrons. The summed E-state index contributed by atoms with van der Waals surface area (Å²) in [6.07, 6.45) is 9.56. The van der Waals surface area contributed by atoms with Gasteiger partial charge in [-0.05, 0) is 19.5 Å². The number of unbranched alkanes of at least 4 members (excludes halogenated alkanes) is 2. The Hall–Kier alpha value is -1.29. The first kappa shape index (κ1) is 14.8. The molecule has 0 heterocycles. The Morgan fingerprint density at radius 3 is 2.72 bits per heavy atom. The van der Waals surface area contributed by atoms with Gasteiger partial charge < -0.3 is 15.4 Å². The number of ether oxygens (including phenoxy) is 1. The molecule has 1 aliphatic carbocycles. The fraction of sp³-hybridized carbons (Fsp3) is 0.643. The lowest BCUT2D eigenvalue weighted by Crippen LogP contribution is -2.50. The average molecular weight is 252 g/mol. The molecule has 0 fully saturated rings. The summed E-state index contributed by atoms with van der Waals surface area (Å²) in [7, 11) is 3.65. The van der Waals surface area contributed by atoms with Crippen LogP contribution < -0.4 is 10.6 Å². The zero-order valence-electron chi connectivity index (χ0n) is 11.6. The Morgan fingerprint density at radius 2 is 2.22 bits per heavy atom.